The highest BCUT2D eigenvalue weighted by Gasteiger charge is 2.34. The maximum Gasteiger partial charge on any atom is 0.417 e. The summed E-state index contributed by atoms with van der Waals surface area (Å²) in [5.41, 5.74) is 0.401. The van der Waals surface area contributed by atoms with Gasteiger partial charge in [-0.1, -0.05) is 27.2 Å². The van der Waals surface area contributed by atoms with E-state index in [4.69, 9.17) is 0 Å². The van der Waals surface area contributed by atoms with Crippen LogP contribution in [-0.4, -0.2) is 22.0 Å². The number of alkyl halides is 3. The van der Waals surface area contributed by atoms with Crippen molar-refractivity contribution in [2.75, 3.05) is 7.05 Å². The molecular formula is C12H11Br2F3N4. The van der Waals surface area contributed by atoms with Gasteiger partial charge in [-0.15, -0.1) is 5.10 Å². The van der Waals surface area contributed by atoms with Gasteiger partial charge in [-0.05, 0) is 40.7 Å². The Kier molecular flexibility index (Phi) is 4.74. The van der Waals surface area contributed by atoms with Gasteiger partial charge in [0.2, 0.25) is 0 Å². The summed E-state index contributed by atoms with van der Waals surface area (Å²) in [5.74, 6) is 0. The highest BCUT2D eigenvalue weighted by atomic mass is 79.9. The molecule has 1 heterocycles. The van der Waals surface area contributed by atoms with Gasteiger partial charge >= 0.3 is 6.18 Å². The molecule has 1 aromatic carbocycles. The van der Waals surface area contributed by atoms with Crippen LogP contribution in [0.1, 0.15) is 22.9 Å². The minimum Gasteiger partial charge on any atom is -0.308 e. The number of hydrogen-bond acceptors (Lipinski definition) is 3. The van der Waals surface area contributed by atoms with Gasteiger partial charge in [0.1, 0.15) is 0 Å². The lowest BCUT2D eigenvalue weighted by Crippen LogP contribution is -2.22. The monoisotopic (exact) mass is 426 g/mol. The summed E-state index contributed by atoms with van der Waals surface area (Å²) in [6.07, 6.45) is -4.42. The SMILES string of the molecule is CNC(c1ccc(Br)c(C(F)(F)F)c1)c1c(Br)nnn1C. The minimum absolute atomic E-state index is 0.01000. The molecule has 21 heavy (non-hydrogen) atoms. The Labute approximate surface area is 136 Å². The van der Waals surface area contributed by atoms with E-state index in [1.807, 2.05) is 0 Å². The van der Waals surface area contributed by atoms with E-state index in [-0.39, 0.29) is 4.47 Å². The van der Waals surface area contributed by atoms with Crippen molar-refractivity contribution < 1.29 is 13.2 Å². The minimum atomic E-state index is -4.42. The molecule has 2 rings (SSSR count). The van der Waals surface area contributed by atoms with E-state index in [0.717, 1.165) is 6.07 Å². The summed E-state index contributed by atoms with van der Waals surface area (Å²) in [6, 6.07) is 3.67. The molecule has 0 amide bonds. The van der Waals surface area contributed by atoms with Crippen LogP contribution in [0.2, 0.25) is 0 Å². The first-order valence-corrected chi connectivity index (χ1v) is 7.43. The van der Waals surface area contributed by atoms with Crippen LogP contribution in [0.15, 0.2) is 27.3 Å². The van der Waals surface area contributed by atoms with Crippen molar-refractivity contribution in [3.8, 4) is 0 Å². The molecule has 4 nitrogen and oxygen atoms in total. The molecule has 114 valence electrons. The fraction of sp³-hybridized carbons (Fsp3) is 0.333. The third-order valence-corrected chi connectivity index (χ3v) is 4.27. The molecule has 0 aliphatic rings. The maximum absolute atomic E-state index is 13.0. The van der Waals surface area contributed by atoms with Gasteiger partial charge in [-0.3, -0.25) is 0 Å². The van der Waals surface area contributed by atoms with Gasteiger partial charge in [0.15, 0.2) is 4.60 Å². The van der Waals surface area contributed by atoms with Crippen LogP contribution in [0.25, 0.3) is 0 Å². The Morgan fingerprint density at radius 1 is 1.29 bits per heavy atom. The van der Waals surface area contributed by atoms with E-state index < -0.39 is 17.8 Å². The fourth-order valence-electron chi connectivity index (χ4n) is 2.05. The van der Waals surface area contributed by atoms with E-state index in [1.165, 1.54) is 10.7 Å². The van der Waals surface area contributed by atoms with E-state index in [2.05, 4.69) is 47.5 Å². The highest BCUT2D eigenvalue weighted by Crippen LogP contribution is 2.37. The van der Waals surface area contributed by atoms with Gasteiger partial charge in [0, 0.05) is 11.5 Å². The lowest BCUT2D eigenvalue weighted by Gasteiger charge is -2.19. The number of nitrogens with zero attached hydrogens (tertiary/aromatic N) is 3. The fourth-order valence-corrected chi connectivity index (χ4v) is 3.07. The molecule has 0 spiro atoms. The van der Waals surface area contributed by atoms with Crippen LogP contribution in [0, 0.1) is 0 Å². The summed E-state index contributed by atoms with van der Waals surface area (Å²) in [6.45, 7) is 0. The van der Waals surface area contributed by atoms with Crippen molar-refractivity contribution >= 4 is 31.9 Å². The first-order chi connectivity index (χ1) is 9.75. The van der Waals surface area contributed by atoms with Gasteiger partial charge in [0.05, 0.1) is 17.3 Å². The predicted octanol–water partition coefficient (Wildman–Crippen LogP) is 3.67. The van der Waals surface area contributed by atoms with Crippen molar-refractivity contribution in [3.63, 3.8) is 0 Å². The smallest absolute Gasteiger partial charge is 0.308 e. The molecule has 0 aliphatic heterocycles. The molecule has 1 unspecified atom stereocenters. The van der Waals surface area contributed by atoms with Crippen molar-refractivity contribution in [2.45, 2.75) is 12.2 Å². The quantitative estimate of drug-likeness (QED) is 0.812. The first kappa shape index (κ1) is 16.4. The normalized spacial score (nSPS) is 13.5. The summed E-state index contributed by atoms with van der Waals surface area (Å²) < 4.78 is 41.0. The molecule has 0 aliphatic carbocycles. The number of aryl methyl sites for hydroxylation is 1. The average Bonchev–Trinajstić information content (AvgIpc) is 2.72. The lowest BCUT2D eigenvalue weighted by atomic mass is 10.0. The number of rotatable bonds is 3. The van der Waals surface area contributed by atoms with Crippen molar-refractivity contribution in [3.05, 3.63) is 44.1 Å². The van der Waals surface area contributed by atoms with Crippen molar-refractivity contribution in [1.29, 1.82) is 0 Å². The Morgan fingerprint density at radius 2 is 1.95 bits per heavy atom. The largest absolute Gasteiger partial charge is 0.417 e. The summed E-state index contributed by atoms with van der Waals surface area (Å²) in [4.78, 5) is 0. The Bertz CT molecular complexity index is 635. The zero-order chi connectivity index (χ0) is 15.8. The predicted molar refractivity (Wildman–Crippen MR) is 78.7 cm³/mol. The Balaban J connectivity index is 2.54. The summed E-state index contributed by atoms with van der Waals surface area (Å²) in [7, 11) is 3.35. The first-order valence-electron chi connectivity index (χ1n) is 5.84. The van der Waals surface area contributed by atoms with Crippen LogP contribution in [0.3, 0.4) is 0 Å². The summed E-state index contributed by atoms with van der Waals surface area (Å²) in [5, 5.41) is 10.7. The Hall–Kier alpha value is -0.930. The molecule has 0 saturated carbocycles. The molecule has 1 N–H and O–H groups in total. The summed E-state index contributed by atoms with van der Waals surface area (Å²) >= 11 is 6.20. The maximum atomic E-state index is 13.0. The number of nitrogens with one attached hydrogen (secondary N) is 1. The number of aromatic nitrogens is 3. The zero-order valence-corrected chi connectivity index (χ0v) is 14.2. The topological polar surface area (TPSA) is 42.7 Å². The molecule has 9 heteroatoms. The van der Waals surface area contributed by atoms with E-state index in [0.29, 0.717) is 15.9 Å². The van der Waals surface area contributed by atoms with E-state index in [9.17, 15) is 13.2 Å². The standard InChI is InChI=1S/C12H11Br2F3N4/c1-18-9(10-11(14)19-20-21(10)2)6-3-4-8(13)7(5-6)12(15,16)17/h3-5,9,18H,1-2H3. The van der Waals surface area contributed by atoms with Gasteiger partial charge < -0.3 is 5.32 Å². The zero-order valence-electron chi connectivity index (χ0n) is 11.0. The molecule has 0 fully saturated rings. The average molecular weight is 428 g/mol. The molecule has 0 bridgehead atoms. The highest BCUT2D eigenvalue weighted by molar-refractivity contribution is 9.10. The van der Waals surface area contributed by atoms with Crippen molar-refractivity contribution in [2.24, 2.45) is 7.05 Å². The van der Waals surface area contributed by atoms with Crippen LogP contribution in [0.4, 0.5) is 13.2 Å². The molecule has 1 atom stereocenters. The van der Waals surface area contributed by atoms with Gasteiger partial charge in [0.25, 0.3) is 0 Å². The third kappa shape index (κ3) is 3.29. The second kappa shape index (κ2) is 6.05. The third-order valence-electron chi connectivity index (χ3n) is 3.02. The Morgan fingerprint density at radius 3 is 2.43 bits per heavy atom. The van der Waals surface area contributed by atoms with Crippen LogP contribution in [0.5, 0.6) is 0 Å². The molecule has 0 saturated heterocycles. The second-order valence-corrected chi connectivity index (χ2v) is 5.95. The van der Waals surface area contributed by atoms with Gasteiger partial charge in [-0.2, -0.15) is 13.2 Å². The van der Waals surface area contributed by atoms with E-state index >= 15 is 0 Å². The number of hydrogen-bond donors (Lipinski definition) is 1. The van der Waals surface area contributed by atoms with Gasteiger partial charge in [-0.25, -0.2) is 4.68 Å². The molecule has 1 aromatic heterocycles. The molecule has 0 radical (unpaired) electrons. The number of halogens is 5. The second-order valence-electron chi connectivity index (χ2n) is 4.35. The van der Waals surface area contributed by atoms with Crippen LogP contribution >= 0.6 is 31.9 Å². The van der Waals surface area contributed by atoms with E-state index in [1.54, 1.807) is 20.2 Å². The molecule has 2 aromatic rings. The lowest BCUT2D eigenvalue weighted by molar-refractivity contribution is -0.138. The van der Waals surface area contributed by atoms with Crippen LogP contribution in [-0.2, 0) is 13.2 Å². The van der Waals surface area contributed by atoms with Crippen molar-refractivity contribution in [1.82, 2.24) is 20.3 Å². The van der Waals surface area contributed by atoms with Crippen LogP contribution < -0.4 is 5.32 Å². The number of benzene rings is 1. The molecular weight excluding hydrogens is 417 g/mol.